The zero-order chi connectivity index (χ0) is 14.7. The largest absolute Gasteiger partial charge is 0.493 e. The molecule has 0 atom stereocenters. The minimum absolute atomic E-state index is 0.509. The van der Waals surface area contributed by atoms with Gasteiger partial charge in [0.1, 0.15) is 5.82 Å². The maximum absolute atomic E-state index is 5.60. The predicted molar refractivity (Wildman–Crippen MR) is 83.6 cm³/mol. The number of fused-ring (bicyclic) bond motifs is 1. The number of rotatable bonds is 6. The second-order valence-electron chi connectivity index (χ2n) is 4.45. The van der Waals surface area contributed by atoms with Gasteiger partial charge in [0, 0.05) is 31.5 Å². The summed E-state index contributed by atoms with van der Waals surface area (Å²) in [4.78, 5) is 5.15. The average Bonchev–Trinajstić information content (AvgIpc) is 2.79. The third-order valence-electron chi connectivity index (χ3n) is 3.23. The molecule has 2 aromatic rings. The lowest BCUT2D eigenvalue weighted by Crippen LogP contribution is -2.13. The first-order valence-corrected chi connectivity index (χ1v) is 6.91. The maximum atomic E-state index is 5.60. The Labute approximate surface area is 123 Å². The molecule has 0 fully saturated rings. The van der Waals surface area contributed by atoms with Crippen molar-refractivity contribution in [1.82, 2.24) is 9.55 Å². The summed E-state index contributed by atoms with van der Waals surface area (Å²) in [6.07, 6.45) is 1.50. The van der Waals surface area contributed by atoms with Gasteiger partial charge in [-0.1, -0.05) is 19.1 Å². The molecule has 0 aliphatic rings. The van der Waals surface area contributed by atoms with Gasteiger partial charge in [-0.3, -0.25) is 0 Å². The first kappa shape index (κ1) is 14.6. The SMILES string of the molecule is CCc1nc2cc(OC)c(OC)cc2n1CCC(N)=S. The molecule has 0 spiro atoms. The van der Waals surface area contributed by atoms with Crippen LogP contribution in [-0.2, 0) is 13.0 Å². The van der Waals surface area contributed by atoms with Gasteiger partial charge in [-0.2, -0.15) is 0 Å². The minimum Gasteiger partial charge on any atom is -0.493 e. The van der Waals surface area contributed by atoms with Crippen molar-refractivity contribution in [2.45, 2.75) is 26.3 Å². The highest BCUT2D eigenvalue weighted by Crippen LogP contribution is 2.32. The molecule has 6 heteroatoms. The van der Waals surface area contributed by atoms with E-state index in [0.29, 0.717) is 22.9 Å². The fourth-order valence-electron chi connectivity index (χ4n) is 2.24. The Morgan fingerprint density at radius 3 is 2.50 bits per heavy atom. The predicted octanol–water partition coefficient (Wildman–Crippen LogP) is 2.29. The van der Waals surface area contributed by atoms with E-state index in [0.717, 1.165) is 29.8 Å². The molecular formula is C14H19N3O2S. The molecule has 20 heavy (non-hydrogen) atoms. The van der Waals surface area contributed by atoms with Gasteiger partial charge in [-0.05, 0) is 0 Å². The van der Waals surface area contributed by atoms with Crippen LogP contribution in [0.5, 0.6) is 11.5 Å². The Morgan fingerprint density at radius 2 is 1.95 bits per heavy atom. The topological polar surface area (TPSA) is 62.3 Å². The third kappa shape index (κ3) is 2.70. The molecule has 1 aromatic heterocycles. The quantitative estimate of drug-likeness (QED) is 0.828. The van der Waals surface area contributed by atoms with Crippen molar-refractivity contribution in [2.24, 2.45) is 5.73 Å². The van der Waals surface area contributed by atoms with Gasteiger partial charge in [0.15, 0.2) is 11.5 Å². The number of thiocarbonyl (C=S) groups is 1. The van der Waals surface area contributed by atoms with Crippen LogP contribution in [0, 0.1) is 0 Å². The van der Waals surface area contributed by atoms with E-state index in [2.05, 4.69) is 16.5 Å². The molecule has 0 radical (unpaired) electrons. The first-order valence-electron chi connectivity index (χ1n) is 6.50. The Kier molecular flexibility index (Phi) is 4.44. The van der Waals surface area contributed by atoms with Crippen molar-refractivity contribution in [1.29, 1.82) is 0 Å². The molecule has 1 aromatic carbocycles. The van der Waals surface area contributed by atoms with Gasteiger partial charge in [-0.15, -0.1) is 0 Å². The lowest BCUT2D eigenvalue weighted by Gasteiger charge is -2.10. The number of aryl methyl sites for hydroxylation is 2. The molecular weight excluding hydrogens is 274 g/mol. The number of imidazole rings is 1. The third-order valence-corrected chi connectivity index (χ3v) is 3.43. The summed E-state index contributed by atoms with van der Waals surface area (Å²) >= 11 is 4.96. The zero-order valence-corrected chi connectivity index (χ0v) is 12.8. The Balaban J connectivity index is 2.55. The standard InChI is InChI=1S/C14H19N3O2S/c1-4-14-16-9-7-11(18-2)12(19-3)8-10(9)17(14)6-5-13(15)20/h7-8H,4-6H2,1-3H3,(H2,15,20). The number of aromatic nitrogens is 2. The monoisotopic (exact) mass is 293 g/mol. The summed E-state index contributed by atoms with van der Waals surface area (Å²) in [6, 6.07) is 3.84. The van der Waals surface area contributed by atoms with Crippen LogP contribution < -0.4 is 15.2 Å². The van der Waals surface area contributed by atoms with Crippen molar-refractivity contribution >= 4 is 28.2 Å². The molecule has 108 valence electrons. The van der Waals surface area contributed by atoms with Gasteiger partial charge in [0.05, 0.1) is 30.2 Å². The van der Waals surface area contributed by atoms with E-state index in [1.54, 1.807) is 14.2 Å². The van der Waals surface area contributed by atoms with E-state index in [1.165, 1.54) is 0 Å². The van der Waals surface area contributed by atoms with E-state index in [1.807, 2.05) is 12.1 Å². The first-order chi connectivity index (χ1) is 9.60. The highest BCUT2D eigenvalue weighted by Gasteiger charge is 2.14. The van der Waals surface area contributed by atoms with Crippen LogP contribution in [0.4, 0.5) is 0 Å². The lowest BCUT2D eigenvalue weighted by molar-refractivity contribution is 0.355. The molecule has 0 unspecified atom stereocenters. The minimum atomic E-state index is 0.509. The van der Waals surface area contributed by atoms with Gasteiger partial charge in [0.25, 0.3) is 0 Å². The molecule has 0 saturated carbocycles. The number of ether oxygens (including phenoxy) is 2. The molecule has 0 saturated heterocycles. The molecule has 5 nitrogen and oxygen atoms in total. The van der Waals surface area contributed by atoms with Crippen molar-refractivity contribution < 1.29 is 9.47 Å². The fraction of sp³-hybridized carbons (Fsp3) is 0.429. The Morgan fingerprint density at radius 1 is 1.30 bits per heavy atom. The van der Waals surface area contributed by atoms with Crippen molar-refractivity contribution in [3.05, 3.63) is 18.0 Å². The van der Waals surface area contributed by atoms with Crippen LogP contribution >= 0.6 is 12.2 Å². The lowest BCUT2D eigenvalue weighted by atomic mass is 10.2. The molecule has 2 rings (SSSR count). The van der Waals surface area contributed by atoms with E-state index in [-0.39, 0.29) is 0 Å². The van der Waals surface area contributed by atoms with E-state index < -0.39 is 0 Å². The smallest absolute Gasteiger partial charge is 0.163 e. The van der Waals surface area contributed by atoms with Crippen LogP contribution in [0.25, 0.3) is 11.0 Å². The average molecular weight is 293 g/mol. The van der Waals surface area contributed by atoms with Gasteiger partial charge in [0.2, 0.25) is 0 Å². The van der Waals surface area contributed by atoms with Crippen LogP contribution in [0.15, 0.2) is 12.1 Å². The second-order valence-corrected chi connectivity index (χ2v) is 4.97. The Hall–Kier alpha value is -1.82. The summed E-state index contributed by atoms with van der Waals surface area (Å²) in [5.74, 6) is 2.38. The summed E-state index contributed by atoms with van der Waals surface area (Å²) in [5, 5.41) is 0. The summed E-state index contributed by atoms with van der Waals surface area (Å²) in [7, 11) is 3.24. The fourth-order valence-corrected chi connectivity index (χ4v) is 2.33. The Bertz CT molecular complexity index is 637. The van der Waals surface area contributed by atoms with Crippen LogP contribution in [0.2, 0.25) is 0 Å². The number of nitrogens with two attached hydrogens (primary N) is 1. The molecule has 1 heterocycles. The summed E-state index contributed by atoms with van der Waals surface area (Å²) in [6.45, 7) is 2.80. The van der Waals surface area contributed by atoms with Gasteiger partial charge < -0.3 is 19.8 Å². The number of hydrogen-bond donors (Lipinski definition) is 1. The highest BCUT2D eigenvalue weighted by molar-refractivity contribution is 7.80. The van der Waals surface area contributed by atoms with Crippen LogP contribution in [-0.4, -0.2) is 28.8 Å². The number of methoxy groups -OCH3 is 2. The second kappa shape index (κ2) is 6.09. The number of benzene rings is 1. The van der Waals surface area contributed by atoms with E-state index >= 15 is 0 Å². The number of hydrogen-bond acceptors (Lipinski definition) is 4. The van der Waals surface area contributed by atoms with E-state index in [4.69, 9.17) is 27.4 Å². The van der Waals surface area contributed by atoms with Gasteiger partial charge in [-0.25, -0.2) is 4.98 Å². The van der Waals surface area contributed by atoms with E-state index in [9.17, 15) is 0 Å². The molecule has 0 amide bonds. The molecule has 0 bridgehead atoms. The normalized spacial score (nSPS) is 10.8. The number of nitrogens with zero attached hydrogens (tertiary/aromatic N) is 2. The highest BCUT2D eigenvalue weighted by atomic mass is 32.1. The summed E-state index contributed by atoms with van der Waals surface area (Å²) in [5.41, 5.74) is 7.50. The molecule has 0 aliphatic carbocycles. The van der Waals surface area contributed by atoms with Crippen LogP contribution in [0.1, 0.15) is 19.2 Å². The molecule has 2 N–H and O–H groups in total. The van der Waals surface area contributed by atoms with Crippen molar-refractivity contribution in [3.8, 4) is 11.5 Å². The van der Waals surface area contributed by atoms with Crippen LogP contribution in [0.3, 0.4) is 0 Å². The zero-order valence-electron chi connectivity index (χ0n) is 12.0. The van der Waals surface area contributed by atoms with Crippen molar-refractivity contribution in [3.63, 3.8) is 0 Å². The maximum Gasteiger partial charge on any atom is 0.163 e. The van der Waals surface area contributed by atoms with Gasteiger partial charge >= 0.3 is 0 Å². The van der Waals surface area contributed by atoms with Crippen molar-refractivity contribution in [2.75, 3.05) is 14.2 Å². The summed E-state index contributed by atoms with van der Waals surface area (Å²) < 4.78 is 12.8. The molecule has 0 aliphatic heterocycles.